The van der Waals surface area contributed by atoms with Crippen molar-refractivity contribution in [1.29, 1.82) is 5.26 Å². The second kappa shape index (κ2) is 5.00. The van der Waals surface area contributed by atoms with E-state index in [1.165, 1.54) is 0 Å². The molecule has 20 heavy (non-hydrogen) atoms. The summed E-state index contributed by atoms with van der Waals surface area (Å²) >= 11 is 0. The molecule has 102 valence electrons. The minimum Gasteiger partial charge on any atom is -0.376 e. The number of carbonyl (C=O) groups excluding carboxylic acids is 1. The lowest BCUT2D eigenvalue weighted by Crippen LogP contribution is -2.33. The van der Waals surface area contributed by atoms with Gasteiger partial charge < -0.3 is 10.4 Å². The van der Waals surface area contributed by atoms with E-state index in [0.717, 1.165) is 0 Å². The number of nitrogens with zero attached hydrogens (tertiary/aromatic N) is 1. The molecule has 1 aromatic rings. The van der Waals surface area contributed by atoms with Crippen LogP contribution in [0.15, 0.2) is 24.3 Å². The third-order valence-corrected chi connectivity index (χ3v) is 3.70. The van der Waals surface area contributed by atoms with Crippen LogP contribution >= 0.6 is 0 Å². The van der Waals surface area contributed by atoms with Gasteiger partial charge in [0.05, 0.1) is 11.5 Å². The molecule has 0 aromatic heterocycles. The Balaban J connectivity index is 2.26. The summed E-state index contributed by atoms with van der Waals surface area (Å²) in [6.07, 6.45) is 1.34. The van der Waals surface area contributed by atoms with Crippen molar-refractivity contribution in [2.75, 3.05) is 7.05 Å². The Kier molecular flexibility index (Phi) is 3.53. The van der Waals surface area contributed by atoms with Crippen molar-refractivity contribution in [2.24, 2.45) is 5.41 Å². The number of benzene rings is 1. The summed E-state index contributed by atoms with van der Waals surface area (Å²) in [5.41, 5.74) is -0.913. The smallest absolute Gasteiger partial charge is 0.251 e. The van der Waals surface area contributed by atoms with E-state index in [1.807, 2.05) is 0 Å². The van der Waals surface area contributed by atoms with Crippen LogP contribution in [0.5, 0.6) is 0 Å². The lowest BCUT2D eigenvalue weighted by Gasteiger charge is -2.21. The van der Waals surface area contributed by atoms with E-state index in [1.54, 1.807) is 38.2 Å². The summed E-state index contributed by atoms with van der Waals surface area (Å²) in [6, 6.07) is 9.01. The van der Waals surface area contributed by atoms with Gasteiger partial charge in [-0.2, -0.15) is 5.26 Å². The van der Waals surface area contributed by atoms with E-state index in [2.05, 4.69) is 23.2 Å². The van der Waals surface area contributed by atoms with Crippen molar-refractivity contribution in [3.63, 3.8) is 0 Å². The van der Waals surface area contributed by atoms with Crippen LogP contribution in [0.4, 0.5) is 0 Å². The van der Waals surface area contributed by atoms with Gasteiger partial charge in [0, 0.05) is 18.2 Å². The highest BCUT2D eigenvalue weighted by Gasteiger charge is 2.56. The van der Waals surface area contributed by atoms with Gasteiger partial charge in [-0.25, -0.2) is 0 Å². The molecule has 1 saturated carbocycles. The van der Waals surface area contributed by atoms with Gasteiger partial charge in [-0.3, -0.25) is 4.79 Å². The minimum atomic E-state index is -1.33. The molecule has 1 fully saturated rings. The number of hydrogen-bond donors (Lipinski definition) is 2. The van der Waals surface area contributed by atoms with E-state index in [-0.39, 0.29) is 5.91 Å². The van der Waals surface area contributed by atoms with Gasteiger partial charge >= 0.3 is 0 Å². The summed E-state index contributed by atoms with van der Waals surface area (Å²) in [7, 11) is 1.56. The molecular weight excluding hydrogens is 252 g/mol. The predicted octanol–water partition coefficient (Wildman–Crippen LogP) is 1.45. The van der Waals surface area contributed by atoms with Crippen LogP contribution in [0.25, 0.3) is 0 Å². The topological polar surface area (TPSA) is 73.1 Å². The van der Waals surface area contributed by atoms with Gasteiger partial charge in [0.2, 0.25) is 0 Å². The molecule has 1 amide bonds. The Labute approximate surface area is 118 Å². The fourth-order valence-corrected chi connectivity index (χ4v) is 2.03. The zero-order valence-electron chi connectivity index (χ0n) is 11.5. The molecule has 2 N–H and O–H groups in total. The molecule has 1 aliphatic carbocycles. The van der Waals surface area contributed by atoms with Crippen LogP contribution in [0.1, 0.15) is 35.7 Å². The number of nitrogens with one attached hydrogen (secondary N) is 1. The van der Waals surface area contributed by atoms with Crippen molar-refractivity contribution >= 4 is 5.91 Å². The van der Waals surface area contributed by atoms with Gasteiger partial charge in [0.1, 0.15) is 5.60 Å². The average Bonchev–Trinajstić information content (AvgIpc) is 3.26. The molecular formula is C16H16N2O2. The van der Waals surface area contributed by atoms with Crippen LogP contribution < -0.4 is 5.32 Å². The Morgan fingerprint density at radius 3 is 2.75 bits per heavy atom. The van der Waals surface area contributed by atoms with Crippen molar-refractivity contribution in [1.82, 2.24) is 5.32 Å². The SMILES string of the molecule is CNC(=O)c1cccc(C#C[C@](C)(O)C2(C#N)CC2)c1. The first kappa shape index (κ1) is 14.1. The maximum Gasteiger partial charge on any atom is 0.251 e. The van der Waals surface area contributed by atoms with Crippen LogP contribution in [-0.4, -0.2) is 23.7 Å². The highest BCUT2D eigenvalue weighted by Crippen LogP contribution is 2.53. The number of nitriles is 1. The fraction of sp³-hybridized carbons (Fsp3) is 0.375. The van der Waals surface area contributed by atoms with E-state index in [9.17, 15) is 9.90 Å². The molecule has 1 atom stereocenters. The molecule has 0 spiro atoms. The van der Waals surface area contributed by atoms with E-state index < -0.39 is 11.0 Å². The first-order chi connectivity index (χ1) is 9.44. The molecule has 0 saturated heterocycles. The average molecular weight is 268 g/mol. The number of rotatable bonds is 2. The van der Waals surface area contributed by atoms with Crippen molar-refractivity contribution in [2.45, 2.75) is 25.4 Å². The van der Waals surface area contributed by atoms with Crippen LogP contribution in [0.2, 0.25) is 0 Å². The quantitative estimate of drug-likeness (QED) is 0.797. The van der Waals surface area contributed by atoms with E-state index >= 15 is 0 Å². The zero-order chi connectivity index (χ0) is 14.8. The molecule has 0 heterocycles. The predicted molar refractivity (Wildman–Crippen MR) is 74.6 cm³/mol. The maximum atomic E-state index is 11.5. The normalized spacial score (nSPS) is 17.9. The van der Waals surface area contributed by atoms with Crippen LogP contribution in [-0.2, 0) is 0 Å². The molecule has 0 bridgehead atoms. The first-order valence-electron chi connectivity index (χ1n) is 6.43. The Morgan fingerprint density at radius 2 is 2.20 bits per heavy atom. The number of hydrogen-bond acceptors (Lipinski definition) is 3. The number of amides is 1. The minimum absolute atomic E-state index is 0.184. The molecule has 1 aliphatic rings. The zero-order valence-corrected chi connectivity index (χ0v) is 11.5. The Hall–Kier alpha value is -2.30. The van der Waals surface area contributed by atoms with Gasteiger partial charge in [-0.05, 0) is 38.0 Å². The van der Waals surface area contributed by atoms with Crippen LogP contribution in [0, 0.1) is 28.6 Å². The van der Waals surface area contributed by atoms with E-state index in [0.29, 0.717) is 24.0 Å². The van der Waals surface area contributed by atoms with Gasteiger partial charge in [0.15, 0.2) is 0 Å². The molecule has 0 radical (unpaired) electrons. The Morgan fingerprint density at radius 1 is 1.50 bits per heavy atom. The first-order valence-corrected chi connectivity index (χ1v) is 6.43. The summed E-state index contributed by atoms with van der Waals surface area (Å²) in [5, 5.41) is 22.0. The summed E-state index contributed by atoms with van der Waals surface area (Å²) < 4.78 is 0. The highest BCUT2D eigenvalue weighted by atomic mass is 16.3. The molecule has 2 rings (SSSR count). The molecule has 4 nitrogen and oxygen atoms in total. The van der Waals surface area contributed by atoms with Gasteiger partial charge in [-0.1, -0.05) is 17.9 Å². The lowest BCUT2D eigenvalue weighted by atomic mass is 9.87. The maximum absolute atomic E-state index is 11.5. The van der Waals surface area contributed by atoms with Crippen LogP contribution in [0.3, 0.4) is 0 Å². The van der Waals surface area contributed by atoms with Crippen molar-refractivity contribution < 1.29 is 9.90 Å². The third-order valence-electron chi connectivity index (χ3n) is 3.70. The van der Waals surface area contributed by atoms with Gasteiger partial charge in [0.25, 0.3) is 5.91 Å². The largest absolute Gasteiger partial charge is 0.376 e. The number of aliphatic hydroxyl groups is 1. The summed E-state index contributed by atoms with van der Waals surface area (Å²) in [5.74, 6) is 5.43. The summed E-state index contributed by atoms with van der Waals surface area (Å²) in [4.78, 5) is 11.5. The third kappa shape index (κ3) is 2.52. The molecule has 0 aliphatic heterocycles. The monoisotopic (exact) mass is 268 g/mol. The molecule has 4 heteroatoms. The van der Waals surface area contributed by atoms with Gasteiger partial charge in [-0.15, -0.1) is 0 Å². The summed E-state index contributed by atoms with van der Waals surface area (Å²) in [6.45, 7) is 1.57. The van der Waals surface area contributed by atoms with Crippen molar-refractivity contribution in [3.8, 4) is 17.9 Å². The molecule has 0 unspecified atom stereocenters. The standard InChI is InChI=1S/C16H16N2O2/c1-15(20,16(11-17)8-9-16)7-6-12-4-3-5-13(10-12)14(19)18-2/h3-5,10,20H,8-9H2,1-2H3,(H,18,19)/t15-/m0/s1. The van der Waals surface area contributed by atoms with E-state index in [4.69, 9.17) is 5.26 Å². The lowest BCUT2D eigenvalue weighted by molar-refractivity contribution is 0.0682. The number of carbonyl (C=O) groups is 1. The second-order valence-corrected chi connectivity index (χ2v) is 5.18. The Bertz CT molecular complexity index is 640. The van der Waals surface area contributed by atoms with Crippen molar-refractivity contribution in [3.05, 3.63) is 35.4 Å². The highest BCUT2D eigenvalue weighted by molar-refractivity contribution is 5.94. The second-order valence-electron chi connectivity index (χ2n) is 5.18. The fourth-order valence-electron chi connectivity index (χ4n) is 2.03. The molecule has 1 aromatic carbocycles.